The number of anilines is 1. The van der Waals surface area contributed by atoms with Gasteiger partial charge in [0.1, 0.15) is 5.76 Å². The van der Waals surface area contributed by atoms with Gasteiger partial charge in [0, 0.05) is 75.8 Å². The van der Waals surface area contributed by atoms with E-state index in [1.54, 1.807) is 19.2 Å². The van der Waals surface area contributed by atoms with Crippen molar-refractivity contribution in [2.24, 2.45) is 0 Å². The van der Waals surface area contributed by atoms with Crippen LogP contribution in [0, 0.1) is 0 Å². The van der Waals surface area contributed by atoms with E-state index in [0.717, 1.165) is 61.2 Å². The number of nitrogens with zero attached hydrogens (tertiary/aromatic N) is 5. The minimum Gasteiger partial charge on any atom is -0.361 e. The van der Waals surface area contributed by atoms with Crippen molar-refractivity contribution < 1.29 is 14.1 Å². The van der Waals surface area contributed by atoms with Crippen molar-refractivity contribution in [2.45, 2.75) is 71.1 Å². The predicted molar refractivity (Wildman–Crippen MR) is 141 cm³/mol. The van der Waals surface area contributed by atoms with Crippen molar-refractivity contribution in [1.82, 2.24) is 19.9 Å². The van der Waals surface area contributed by atoms with Gasteiger partial charge in [0.15, 0.2) is 5.69 Å². The Kier molecular flexibility index (Phi) is 7.65. The summed E-state index contributed by atoms with van der Waals surface area (Å²) in [6.45, 7) is 6.09. The summed E-state index contributed by atoms with van der Waals surface area (Å²) in [7, 11) is 0. The lowest BCUT2D eigenvalue weighted by Crippen LogP contribution is -2.45. The van der Waals surface area contributed by atoms with Crippen LogP contribution in [0.25, 0.3) is 0 Å². The van der Waals surface area contributed by atoms with Gasteiger partial charge in [-0.3, -0.25) is 19.5 Å². The second-order valence-electron chi connectivity index (χ2n) is 10.1. The lowest BCUT2D eigenvalue weighted by atomic mass is 10.1. The maximum absolute atomic E-state index is 13.8. The first kappa shape index (κ1) is 25.1. The van der Waals surface area contributed by atoms with Gasteiger partial charge < -0.3 is 14.3 Å². The second-order valence-corrected chi connectivity index (χ2v) is 10.1. The monoisotopic (exact) mass is 501 g/mol. The molecule has 0 spiro atoms. The summed E-state index contributed by atoms with van der Waals surface area (Å²) in [5.41, 5.74) is 3.32. The van der Waals surface area contributed by atoms with E-state index < -0.39 is 0 Å². The fourth-order valence-corrected chi connectivity index (χ4v) is 5.73. The zero-order valence-corrected chi connectivity index (χ0v) is 21.7. The first-order valence-corrected chi connectivity index (χ1v) is 13.3. The van der Waals surface area contributed by atoms with Crippen molar-refractivity contribution >= 4 is 17.5 Å². The molecule has 2 aliphatic heterocycles. The quantitative estimate of drug-likeness (QED) is 0.514. The van der Waals surface area contributed by atoms with Crippen molar-refractivity contribution in [3.63, 3.8) is 0 Å². The van der Waals surface area contributed by atoms with Gasteiger partial charge in [-0.2, -0.15) is 0 Å². The number of aryl methyl sites for hydroxylation is 1. The molecule has 4 heterocycles. The van der Waals surface area contributed by atoms with Gasteiger partial charge in [-0.15, -0.1) is 0 Å². The van der Waals surface area contributed by atoms with E-state index in [9.17, 15) is 9.59 Å². The summed E-state index contributed by atoms with van der Waals surface area (Å²) in [6, 6.07) is 14.3. The summed E-state index contributed by atoms with van der Waals surface area (Å²) in [4.78, 5) is 37.2. The molecule has 2 atom stereocenters. The SMILES string of the molecule is CCCc1cc(C(=O)N2Cc3ccccc3N(C(C)=O)CCC3CCC(C2)N3Cc2cccnc2)no1. The van der Waals surface area contributed by atoms with Gasteiger partial charge in [-0.1, -0.05) is 36.3 Å². The summed E-state index contributed by atoms with van der Waals surface area (Å²) >= 11 is 0. The standard InChI is InChI=1S/C29H35N5O3/c1-3-7-26-16-27(31-37-26)29(36)32-19-23-9-4-5-10-28(23)33(21(2)35)15-13-24-11-12-25(20-32)34(24)18-22-8-6-14-30-17-22/h4-6,8-10,14,16-17,24-25H,3,7,11-13,15,18-20H2,1-2H3. The molecule has 1 saturated heterocycles. The lowest BCUT2D eigenvalue weighted by molar-refractivity contribution is -0.116. The summed E-state index contributed by atoms with van der Waals surface area (Å²) < 4.78 is 5.45. The highest BCUT2D eigenvalue weighted by Crippen LogP contribution is 2.33. The van der Waals surface area contributed by atoms with Crippen LogP contribution in [-0.4, -0.2) is 56.9 Å². The fourth-order valence-electron chi connectivity index (χ4n) is 5.73. The lowest BCUT2D eigenvalue weighted by Gasteiger charge is -2.33. The molecule has 1 aromatic carbocycles. The molecule has 194 valence electrons. The molecule has 37 heavy (non-hydrogen) atoms. The molecule has 0 radical (unpaired) electrons. The number of hydrogen-bond acceptors (Lipinski definition) is 6. The third-order valence-electron chi connectivity index (χ3n) is 7.56. The molecule has 0 N–H and O–H groups in total. The van der Waals surface area contributed by atoms with E-state index in [0.29, 0.717) is 31.4 Å². The maximum atomic E-state index is 13.8. The van der Waals surface area contributed by atoms with Gasteiger partial charge in [-0.05, 0) is 48.9 Å². The average molecular weight is 502 g/mol. The van der Waals surface area contributed by atoms with Crippen LogP contribution in [0.15, 0.2) is 59.4 Å². The first-order valence-electron chi connectivity index (χ1n) is 13.3. The van der Waals surface area contributed by atoms with Gasteiger partial charge in [-0.25, -0.2) is 0 Å². The number of carbonyl (C=O) groups is 2. The van der Waals surface area contributed by atoms with Gasteiger partial charge >= 0.3 is 0 Å². The van der Waals surface area contributed by atoms with Gasteiger partial charge in [0.05, 0.1) is 0 Å². The smallest absolute Gasteiger partial charge is 0.276 e. The number of para-hydroxylation sites is 1. The Morgan fingerprint density at radius 2 is 1.92 bits per heavy atom. The Bertz CT molecular complexity index is 1230. The van der Waals surface area contributed by atoms with Crippen LogP contribution in [-0.2, 0) is 24.3 Å². The third-order valence-corrected chi connectivity index (χ3v) is 7.56. The fraction of sp³-hybridized carbons (Fsp3) is 0.448. The number of aromatic nitrogens is 2. The molecule has 5 rings (SSSR count). The van der Waals surface area contributed by atoms with Crippen molar-refractivity contribution in [3.05, 3.63) is 77.4 Å². The Balaban J connectivity index is 1.52. The highest BCUT2D eigenvalue weighted by Gasteiger charge is 2.37. The molecule has 2 aliphatic rings. The molecule has 8 heteroatoms. The molecule has 2 amide bonds. The zero-order chi connectivity index (χ0) is 25.8. The predicted octanol–water partition coefficient (Wildman–Crippen LogP) is 4.45. The third kappa shape index (κ3) is 5.59. The molecule has 0 saturated carbocycles. The van der Waals surface area contributed by atoms with Crippen LogP contribution in [0.5, 0.6) is 0 Å². The number of fused-ring (bicyclic) bond motifs is 3. The Labute approximate surface area is 218 Å². The number of rotatable bonds is 5. The Morgan fingerprint density at radius 1 is 1.08 bits per heavy atom. The van der Waals surface area contributed by atoms with Crippen LogP contribution in [0.2, 0.25) is 0 Å². The number of carbonyl (C=O) groups excluding carboxylic acids is 2. The average Bonchev–Trinajstić information content (AvgIpc) is 3.51. The molecule has 1 fully saturated rings. The van der Waals surface area contributed by atoms with Crippen LogP contribution in [0.3, 0.4) is 0 Å². The molecule has 0 aliphatic carbocycles. The molecule has 3 aromatic rings. The minimum absolute atomic E-state index is 0.0126. The topological polar surface area (TPSA) is 82.8 Å². The van der Waals surface area contributed by atoms with E-state index in [1.165, 1.54) is 0 Å². The Hall–Kier alpha value is -3.52. The normalized spacial score (nSPS) is 20.4. The van der Waals surface area contributed by atoms with Crippen molar-refractivity contribution in [1.29, 1.82) is 0 Å². The van der Waals surface area contributed by atoms with E-state index in [-0.39, 0.29) is 17.9 Å². The summed E-state index contributed by atoms with van der Waals surface area (Å²) in [5, 5.41) is 4.12. The summed E-state index contributed by atoms with van der Waals surface area (Å²) in [6.07, 6.45) is 8.28. The van der Waals surface area contributed by atoms with E-state index in [4.69, 9.17) is 4.52 Å². The molecule has 2 unspecified atom stereocenters. The number of benzene rings is 1. The van der Waals surface area contributed by atoms with Gasteiger partial charge in [0.25, 0.3) is 5.91 Å². The van der Waals surface area contributed by atoms with E-state index in [2.05, 4.69) is 28.0 Å². The van der Waals surface area contributed by atoms with Crippen LogP contribution < -0.4 is 4.90 Å². The van der Waals surface area contributed by atoms with Crippen molar-refractivity contribution in [2.75, 3.05) is 18.0 Å². The maximum Gasteiger partial charge on any atom is 0.276 e. The highest BCUT2D eigenvalue weighted by atomic mass is 16.5. The molecule has 2 aromatic heterocycles. The minimum atomic E-state index is -0.140. The van der Waals surface area contributed by atoms with E-state index in [1.807, 2.05) is 46.3 Å². The highest BCUT2D eigenvalue weighted by molar-refractivity contribution is 5.94. The van der Waals surface area contributed by atoms with Gasteiger partial charge in [0.2, 0.25) is 5.91 Å². The van der Waals surface area contributed by atoms with E-state index >= 15 is 0 Å². The molecular weight excluding hydrogens is 466 g/mol. The largest absolute Gasteiger partial charge is 0.361 e. The Morgan fingerprint density at radius 3 is 2.70 bits per heavy atom. The number of pyridine rings is 1. The van der Waals surface area contributed by atoms with Crippen LogP contribution in [0.1, 0.15) is 66.9 Å². The number of hydrogen-bond donors (Lipinski definition) is 0. The summed E-state index contributed by atoms with van der Waals surface area (Å²) in [5.74, 6) is 0.601. The second kappa shape index (κ2) is 11.3. The number of amides is 2. The van der Waals surface area contributed by atoms with Crippen molar-refractivity contribution in [3.8, 4) is 0 Å². The first-order chi connectivity index (χ1) is 18.0. The molecular formula is C29H35N5O3. The molecule has 8 nitrogen and oxygen atoms in total. The van der Waals surface area contributed by atoms with Crippen LogP contribution >= 0.6 is 0 Å². The zero-order valence-electron chi connectivity index (χ0n) is 21.7. The molecule has 2 bridgehead atoms. The van der Waals surface area contributed by atoms with Crippen LogP contribution in [0.4, 0.5) is 5.69 Å².